The van der Waals surface area contributed by atoms with Crippen LogP contribution in [0.1, 0.15) is 39.2 Å². The van der Waals surface area contributed by atoms with Gasteiger partial charge in [-0.2, -0.15) is 0 Å². The van der Waals surface area contributed by atoms with Crippen LogP contribution >= 0.6 is 0 Å². The van der Waals surface area contributed by atoms with Crippen LogP contribution in [0.15, 0.2) is 30.3 Å². The van der Waals surface area contributed by atoms with Gasteiger partial charge in [0.15, 0.2) is 0 Å². The molecule has 0 spiro atoms. The number of carboxylic acid groups (broad SMARTS) is 1. The molecule has 2 unspecified atom stereocenters. The molecule has 1 aromatic rings. The molecule has 1 rings (SSSR count). The maximum absolute atomic E-state index is 12.2. The summed E-state index contributed by atoms with van der Waals surface area (Å²) in [5.41, 5.74) is 1.09. The van der Waals surface area contributed by atoms with E-state index < -0.39 is 36.2 Å². The zero-order valence-corrected chi connectivity index (χ0v) is 17.1. The number of nitrogens with one attached hydrogen (secondary N) is 2. The van der Waals surface area contributed by atoms with Crippen molar-refractivity contribution < 1.29 is 29.0 Å². The number of ether oxygens (including phenoxy) is 1. The van der Waals surface area contributed by atoms with Gasteiger partial charge >= 0.3 is 11.9 Å². The summed E-state index contributed by atoms with van der Waals surface area (Å²) in [4.78, 5) is 47.3. The van der Waals surface area contributed by atoms with Gasteiger partial charge in [0.1, 0.15) is 6.04 Å². The fourth-order valence-corrected chi connectivity index (χ4v) is 2.43. The third-order valence-corrected chi connectivity index (χ3v) is 4.08. The Morgan fingerprint density at radius 2 is 1.69 bits per heavy atom. The summed E-state index contributed by atoms with van der Waals surface area (Å²) in [6.07, 6.45) is 0.126. The molecule has 29 heavy (non-hydrogen) atoms. The molecule has 0 radical (unpaired) electrons. The molecule has 0 saturated heterocycles. The van der Waals surface area contributed by atoms with E-state index in [1.807, 2.05) is 44.2 Å². The predicted molar refractivity (Wildman–Crippen MR) is 107 cm³/mol. The van der Waals surface area contributed by atoms with Crippen LogP contribution in [0.2, 0.25) is 0 Å². The second kappa shape index (κ2) is 12.5. The van der Waals surface area contributed by atoms with Crippen LogP contribution in [-0.4, -0.2) is 48.1 Å². The minimum atomic E-state index is -1.40. The molecule has 8 nitrogen and oxygen atoms in total. The molecule has 160 valence electrons. The number of carbonyl (C=O) groups is 4. The van der Waals surface area contributed by atoms with E-state index >= 15 is 0 Å². The third kappa shape index (κ3) is 10.3. The van der Waals surface area contributed by atoms with Gasteiger partial charge in [0, 0.05) is 18.9 Å². The summed E-state index contributed by atoms with van der Waals surface area (Å²) in [7, 11) is 0. The van der Waals surface area contributed by atoms with Crippen LogP contribution in [-0.2, 0) is 30.3 Å². The highest BCUT2D eigenvalue weighted by Crippen LogP contribution is 2.06. The highest BCUT2D eigenvalue weighted by molar-refractivity contribution is 5.90. The van der Waals surface area contributed by atoms with Crippen LogP contribution in [0.5, 0.6) is 0 Å². The predicted octanol–water partition coefficient (Wildman–Crippen LogP) is 1.53. The molecule has 0 aliphatic carbocycles. The number of carbonyl (C=O) groups excluding carboxylic acids is 3. The SMILES string of the molecule is CC(C)COC(=O)CC(NC(=O)C(C)CC(=O)NCCc1ccccc1)C(=O)O. The van der Waals surface area contributed by atoms with Gasteiger partial charge in [0.05, 0.1) is 13.0 Å². The molecule has 2 atom stereocenters. The molecule has 2 amide bonds. The van der Waals surface area contributed by atoms with Crippen molar-refractivity contribution in [2.45, 2.75) is 46.1 Å². The second-order valence-corrected chi connectivity index (χ2v) is 7.37. The summed E-state index contributed by atoms with van der Waals surface area (Å²) >= 11 is 0. The van der Waals surface area contributed by atoms with E-state index in [4.69, 9.17) is 4.74 Å². The molecule has 0 saturated carbocycles. The number of amides is 2. The van der Waals surface area contributed by atoms with Gasteiger partial charge in [-0.15, -0.1) is 0 Å². The van der Waals surface area contributed by atoms with E-state index in [0.29, 0.717) is 13.0 Å². The zero-order chi connectivity index (χ0) is 21.8. The number of carboxylic acids is 1. The normalized spacial score (nSPS) is 12.7. The maximum Gasteiger partial charge on any atom is 0.326 e. The summed E-state index contributed by atoms with van der Waals surface area (Å²) in [6, 6.07) is 8.27. The molecule has 0 heterocycles. The van der Waals surface area contributed by atoms with Gasteiger partial charge in [0.2, 0.25) is 11.8 Å². The van der Waals surface area contributed by atoms with E-state index in [9.17, 15) is 24.3 Å². The quantitative estimate of drug-likeness (QED) is 0.453. The van der Waals surface area contributed by atoms with Crippen molar-refractivity contribution in [3.8, 4) is 0 Å². The summed E-state index contributed by atoms with van der Waals surface area (Å²) in [6.45, 7) is 5.87. The molecule has 0 fully saturated rings. The largest absolute Gasteiger partial charge is 0.480 e. The Morgan fingerprint density at radius 3 is 2.28 bits per heavy atom. The van der Waals surface area contributed by atoms with Crippen molar-refractivity contribution in [2.75, 3.05) is 13.2 Å². The second-order valence-electron chi connectivity index (χ2n) is 7.37. The highest BCUT2D eigenvalue weighted by Gasteiger charge is 2.27. The van der Waals surface area contributed by atoms with Crippen molar-refractivity contribution in [3.63, 3.8) is 0 Å². The fourth-order valence-electron chi connectivity index (χ4n) is 2.43. The van der Waals surface area contributed by atoms with Crippen molar-refractivity contribution >= 4 is 23.8 Å². The molecule has 0 aliphatic rings. The third-order valence-electron chi connectivity index (χ3n) is 4.08. The molecule has 0 bridgehead atoms. The lowest BCUT2D eigenvalue weighted by Crippen LogP contribution is -2.45. The Bertz CT molecular complexity index is 690. The Morgan fingerprint density at radius 1 is 1.03 bits per heavy atom. The first-order valence-electron chi connectivity index (χ1n) is 9.68. The average molecular weight is 406 g/mol. The zero-order valence-electron chi connectivity index (χ0n) is 17.1. The van der Waals surface area contributed by atoms with E-state index in [1.165, 1.54) is 6.92 Å². The number of rotatable bonds is 12. The van der Waals surface area contributed by atoms with Gasteiger partial charge in [-0.1, -0.05) is 51.1 Å². The van der Waals surface area contributed by atoms with E-state index in [2.05, 4.69) is 10.6 Å². The lowest BCUT2D eigenvalue weighted by Gasteiger charge is -2.17. The lowest BCUT2D eigenvalue weighted by atomic mass is 10.1. The summed E-state index contributed by atoms with van der Waals surface area (Å²) in [5.74, 6) is -3.55. The molecule has 8 heteroatoms. The standard InChI is InChI=1S/C21H30N2O6/c1-14(2)13-29-19(25)12-17(21(27)28)23-20(26)15(3)11-18(24)22-10-9-16-7-5-4-6-8-16/h4-8,14-15,17H,9-13H2,1-3H3,(H,22,24)(H,23,26)(H,27,28). The Kier molecular flexibility index (Phi) is 10.4. The first-order chi connectivity index (χ1) is 13.7. The number of hydrogen-bond donors (Lipinski definition) is 3. The average Bonchev–Trinajstić information content (AvgIpc) is 2.66. The fraction of sp³-hybridized carbons (Fsp3) is 0.524. The lowest BCUT2D eigenvalue weighted by molar-refractivity contribution is -0.151. The van der Waals surface area contributed by atoms with E-state index in [0.717, 1.165) is 5.56 Å². The van der Waals surface area contributed by atoms with Gasteiger partial charge in [0.25, 0.3) is 0 Å². The molecular formula is C21H30N2O6. The Labute approximate surface area is 171 Å². The monoisotopic (exact) mass is 406 g/mol. The molecular weight excluding hydrogens is 376 g/mol. The van der Waals surface area contributed by atoms with Gasteiger partial charge in [-0.25, -0.2) is 4.79 Å². The van der Waals surface area contributed by atoms with Gasteiger partial charge in [-0.3, -0.25) is 14.4 Å². The summed E-state index contributed by atoms with van der Waals surface area (Å²) in [5, 5.41) is 14.3. The first kappa shape index (κ1) is 24.1. The number of aliphatic carboxylic acids is 1. The van der Waals surface area contributed by atoms with Crippen LogP contribution < -0.4 is 10.6 Å². The van der Waals surface area contributed by atoms with Crippen molar-refractivity contribution in [3.05, 3.63) is 35.9 Å². The van der Waals surface area contributed by atoms with Gasteiger partial charge in [-0.05, 0) is 17.9 Å². The van der Waals surface area contributed by atoms with Crippen LogP contribution in [0.4, 0.5) is 0 Å². The molecule has 0 aromatic heterocycles. The minimum absolute atomic E-state index is 0.0786. The van der Waals surface area contributed by atoms with E-state index in [1.54, 1.807) is 0 Å². The highest BCUT2D eigenvalue weighted by atomic mass is 16.5. The molecule has 0 aliphatic heterocycles. The number of hydrogen-bond acceptors (Lipinski definition) is 5. The molecule has 3 N–H and O–H groups in total. The Balaban J connectivity index is 2.41. The first-order valence-corrected chi connectivity index (χ1v) is 9.68. The van der Waals surface area contributed by atoms with Crippen molar-refractivity contribution in [2.24, 2.45) is 11.8 Å². The Hall–Kier alpha value is -2.90. The van der Waals surface area contributed by atoms with Crippen molar-refractivity contribution in [1.82, 2.24) is 10.6 Å². The summed E-state index contributed by atoms with van der Waals surface area (Å²) < 4.78 is 4.95. The minimum Gasteiger partial charge on any atom is -0.480 e. The van der Waals surface area contributed by atoms with Crippen LogP contribution in [0.3, 0.4) is 0 Å². The topological polar surface area (TPSA) is 122 Å². The van der Waals surface area contributed by atoms with Crippen LogP contribution in [0, 0.1) is 11.8 Å². The van der Waals surface area contributed by atoms with Crippen LogP contribution in [0.25, 0.3) is 0 Å². The van der Waals surface area contributed by atoms with Gasteiger partial charge < -0.3 is 20.5 Å². The number of benzene rings is 1. The number of esters is 1. The maximum atomic E-state index is 12.2. The van der Waals surface area contributed by atoms with E-state index in [-0.39, 0.29) is 24.9 Å². The van der Waals surface area contributed by atoms with Crippen molar-refractivity contribution in [1.29, 1.82) is 0 Å². The molecule has 1 aromatic carbocycles. The smallest absolute Gasteiger partial charge is 0.326 e.